The van der Waals surface area contributed by atoms with E-state index in [0.717, 1.165) is 31.8 Å². The molecule has 1 fully saturated rings. The maximum Gasteiger partial charge on any atom is 0.224 e. The number of nitrogens with zero attached hydrogens (tertiary/aromatic N) is 3. The highest BCUT2D eigenvalue weighted by Gasteiger charge is 2.26. The second-order valence-corrected chi connectivity index (χ2v) is 4.57. The molecular weight excluding hydrogens is 234 g/mol. The predicted octanol–water partition coefficient (Wildman–Crippen LogP) is 1.12. The van der Waals surface area contributed by atoms with E-state index in [1.807, 2.05) is 4.90 Å². The first-order valence-corrected chi connectivity index (χ1v) is 6.27. The predicted molar refractivity (Wildman–Crippen MR) is 64.1 cm³/mol. The van der Waals surface area contributed by atoms with Crippen LogP contribution in [0.2, 0.25) is 0 Å². The molecule has 6 nitrogen and oxygen atoms in total. The highest BCUT2D eigenvalue weighted by Crippen LogP contribution is 2.26. The van der Waals surface area contributed by atoms with Crippen LogP contribution in [0, 0.1) is 6.92 Å². The Bertz CT molecular complexity index is 397. The summed E-state index contributed by atoms with van der Waals surface area (Å²) in [7, 11) is 1.61. The topological polar surface area (TPSA) is 68.5 Å². The first-order chi connectivity index (χ1) is 8.70. The molecule has 1 aliphatic rings. The van der Waals surface area contributed by atoms with E-state index in [1.54, 1.807) is 14.0 Å². The molecule has 0 bridgehead atoms. The number of rotatable bonds is 4. The van der Waals surface area contributed by atoms with Crippen molar-refractivity contribution in [2.24, 2.45) is 0 Å². The van der Waals surface area contributed by atoms with Crippen LogP contribution in [-0.4, -0.2) is 47.8 Å². The van der Waals surface area contributed by atoms with Gasteiger partial charge in [0.05, 0.1) is 13.0 Å². The third kappa shape index (κ3) is 3.07. The smallest absolute Gasteiger partial charge is 0.224 e. The van der Waals surface area contributed by atoms with Gasteiger partial charge in [0.15, 0.2) is 5.82 Å². The summed E-state index contributed by atoms with van der Waals surface area (Å²) in [4.78, 5) is 17.9. The van der Waals surface area contributed by atoms with Crippen LogP contribution in [-0.2, 0) is 9.53 Å². The van der Waals surface area contributed by atoms with Crippen molar-refractivity contribution in [2.75, 3.05) is 26.8 Å². The highest BCUT2D eigenvalue weighted by molar-refractivity contribution is 5.76. The van der Waals surface area contributed by atoms with Crippen LogP contribution in [0.1, 0.15) is 36.9 Å². The number of aromatic nitrogens is 2. The van der Waals surface area contributed by atoms with Crippen molar-refractivity contribution in [3.05, 3.63) is 11.7 Å². The summed E-state index contributed by atoms with van der Waals surface area (Å²) >= 11 is 0. The Morgan fingerprint density at radius 3 is 2.78 bits per heavy atom. The van der Waals surface area contributed by atoms with Gasteiger partial charge in [0.1, 0.15) is 0 Å². The molecule has 0 spiro atoms. The van der Waals surface area contributed by atoms with Crippen LogP contribution in [0.25, 0.3) is 0 Å². The van der Waals surface area contributed by atoms with Gasteiger partial charge < -0.3 is 14.2 Å². The lowest BCUT2D eigenvalue weighted by Crippen LogP contribution is -2.38. The number of methoxy groups -OCH3 is 1. The van der Waals surface area contributed by atoms with Gasteiger partial charge in [-0.2, -0.15) is 4.98 Å². The van der Waals surface area contributed by atoms with E-state index in [-0.39, 0.29) is 5.91 Å². The van der Waals surface area contributed by atoms with Gasteiger partial charge in [-0.25, -0.2) is 0 Å². The maximum absolute atomic E-state index is 11.8. The Morgan fingerprint density at radius 1 is 1.50 bits per heavy atom. The lowest BCUT2D eigenvalue weighted by Gasteiger charge is -2.30. The van der Waals surface area contributed by atoms with Crippen LogP contribution in [0.4, 0.5) is 0 Å². The molecule has 6 heteroatoms. The van der Waals surface area contributed by atoms with Crippen molar-refractivity contribution in [3.63, 3.8) is 0 Å². The zero-order valence-electron chi connectivity index (χ0n) is 10.9. The summed E-state index contributed by atoms with van der Waals surface area (Å²) in [6, 6.07) is 0. The third-order valence-corrected chi connectivity index (χ3v) is 3.28. The summed E-state index contributed by atoms with van der Waals surface area (Å²) in [5.74, 6) is 1.86. The van der Waals surface area contributed by atoms with E-state index in [2.05, 4.69) is 10.1 Å². The lowest BCUT2D eigenvalue weighted by atomic mass is 9.96. The van der Waals surface area contributed by atoms with Crippen LogP contribution < -0.4 is 0 Å². The number of ether oxygens (including phenoxy) is 1. The number of hydrogen-bond donors (Lipinski definition) is 0. The minimum Gasteiger partial charge on any atom is -0.384 e. The molecule has 0 N–H and O–H groups in total. The molecule has 0 aliphatic carbocycles. The minimum atomic E-state index is 0.166. The monoisotopic (exact) mass is 253 g/mol. The molecule has 1 aromatic rings. The molecule has 0 unspecified atom stereocenters. The molecule has 1 amide bonds. The fraction of sp³-hybridized carbons (Fsp3) is 0.750. The molecule has 0 radical (unpaired) electrons. The molecule has 0 saturated carbocycles. The van der Waals surface area contributed by atoms with Crippen molar-refractivity contribution in [3.8, 4) is 0 Å². The van der Waals surface area contributed by atoms with Gasteiger partial charge in [-0.1, -0.05) is 5.16 Å². The average molecular weight is 253 g/mol. The summed E-state index contributed by atoms with van der Waals surface area (Å²) in [5, 5.41) is 3.95. The molecule has 2 rings (SSSR count). The summed E-state index contributed by atoms with van der Waals surface area (Å²) in [6.45, 7) is 3.81. The lowest BCUT2D eigenvalue weighted by molar-refractivity contribution is -0.133. The van der Waals surface area contributed by atoms with E-state index in [9.17, 15) is 4.79 Å². The normalized spacial score (nSPS) is 17.1. The van der Waals surface area contributed by atoms with Gasteiger partial charge in [0.25, 0.3) is 0 Å². The number of likely N-dealkylation sites (tertiary alicyclic amines) is 1. The first-order valence-electron chi connectivity index (χ1n) is 6.27. The third-order valence-electron chi connectivity index (χ3n) is 3.28. The molecule has 18 heavy (non-hydrogen) atoms. The molecule has 0 aromatic carbocycles. The SMILES string of the molecule is COCCC(=O)N1CCC(c2noc(C)n2)CC1. The largest absolute Gasteiger partial charge is 0.384 e. The first kappa shape index (κ1) is 13.0. The summed E-state index contributed by atoms with van der Waals surface area (Å²) in [6.07, 6.45) is 2.26. The van der Waals surface area contributed by atoms with Gasteiger partial charge in [-0.15, -0.1) is 0 Å². The van der Waals surface area contributed by atoms with E-state index in [4.69, 9.17) is 9.26 Å². The zero-order chi connectivity index (χ0) is 13.0. The zero-order valence-corrected chi connectivity index (χ0v) is 10.9. The van der Waals surface area contributed by atoms with Gasteiger partial charge in [-0.05, 0) is 12.8 Å². The number of aryl methyl sites for hydroxylation is 1. The summed E-state index contributed by atoms with van der Waals surface area (Å²) < 4.78 is 9.90. The molecule has 1 saturated heterocycles. The van der Waals surface area contributed by atoms with Crippen LogP contribution in [0.3, 0.4) is 0 Å². The molecule has 1 aliphatic heterocycles. The van der Waals surface area contributed by atoms with Crippen molar-refractivity contribution < 1.29 is 14.1 Å². The van der Waals surface area contributed by atoms with Crippen LogP contribution in [0.5, 0.6) is 0 Å². The van der Waals surface area contributed by atoms with Gasteiger partial charge >= 0.3 is 0 Å². The molecule has 2 heterocycles. The molecule has 0 atom stereocenters. The number of hydrogen-bond acceptors (Lipinski definition) is 5. The Kier molecular flexibility index (Phi) is 4.30. The van der Waals surface area contributed by atoms with Gasteiger partial charge in [0.2, 0.25) is 11.8 Å². The Morgan fingerprint density at radius 2 is 2.22 bits per heavy atom. The number of carbonyl (C=O) groups excluding carboxylic acids is 1. The Hall–Kier alpha value is -1.43. The summed E-state index contributed by atoms with van der Waals surface area (Å²) in [5.41, 5.74) is 0. The van der Waals surface area contributed by atoms with E-state index < -0.39 is 0 Å². The minimum absolute atomic E-state index is 0.166. The van der Waals surface area contributed by atoms with Crippen molar-refractivity contribution in [2.45, 2.75) is 32.1 Å². The molecule has 1 aromatic heterocycles. The van der Waals surface area contributed by atoms with Crippen LogP contribution >= 0.6 is 0 Å². The van der Waals surface area contributed by atoms with Crippen molar-refractivity contribution >= 4 is 5.91 Å². The Balaban J connectivity index is 1.82. The molecular formula is C12H19N3O3. The highest BCUT2D eigenvalue weighted by atomic mass is 16.5. The van der Waals surface area contributed by atoms with Crippen LogP contribution in [0.15, 0.2) is 4.52 Å². The van der Waals surface area contributed by atoms with Gasteiger partial charge in [-0.3, -0.25) is 4.79 Å². The molecule has 100 valence electrons. The van der Waals surface area contributed by atoms with Crippen molar-refractivity contribution in [1.82, 2.24) is 15.0 Å². The Labute approximate surface area is 106 Å². The second kappa shape index (κ2) is 5.95. The second-order valence-electron chi connectivity index (χ2n) is 4.57. The standard InChI is InChI=1S/C12H19N3O3/c1-9-13-12(14-18-9)10-3-6-15(7-4-10)11(16)5-8-17-2/h10H,3-8H2,1-2H3. The maximum atomic E-state index is 11.8. The number of piperidine rings is 1. The average Bonchev–Trinajstić information content (AvgIpc) is 2.83. The van der Waals surface area contributed by atoms with E-state index in [0.29, 0.717) is 24.8 Å². The number of carbonyl (C=O) groups is 1. The number of amides is 1. The fourth-order valence-electron chi connectivity index (χ4n) is 2.22. The van der Waals surface area contributed by atoms with Gasteiger partial charge in [0, 0.05) is 33.0 Å². The van der Waals surface area contributed by atoms with E-state index >= 15 is 0 Å². The van der Waals surface area contributed by atoms with Crippen molar-refractivity contribution in [1.29, 1.82) is 0 Å². The quantitative estimate of drug-likeness (QED) is 0.804. The van der Waals surface area contributed by atoms with E-state index in [1.165, 1.54) is 0 Å². The fourth-order valence-corrected chi connectivity index (χ4v) is 2.22.